The van der Waals surface area contributed by atoms with Gasteiger partial charge in [0, 0.05) is 0 Å². The molecule has 1 atom stereocenters. The molecule has 0 aliphatic rings. The molecule has 0 aliphatic heterocycles. The van der Waals surface area contributed by atoms with E-state index in [0.717, 1.165) is 4.90 Å². The van der Waals surface area contributed by atoms with Crippen LogP contribution in [-0.4, -0.2) is 22.6 Å². The Balaban J connectivity index is 3.07. The van der Waals surface area contributed by atoms with E-state index in [2.05, 4.69) is 27.4 Å². The summed E-state index contributed by atoms with van der Waals surface area (Å²) in [5.41, 5.74) is 0. The molecule has 130 valence electrons. The van der Waals surface area contributed by atoms with Crippen molar-refractivity contribution in [3.05, 3.63) is 39.8 Å². The van der Waals surface area contributed by atoms with Crippen molar-refractivity contribution in [3.63, 3.8) is 0 Å². The first-order valence-corrected chi connectivity index (χ1v) is 17.9. The molecule has 0 N–H and O–H groups in total. The molecular formula is C20H34OSSn. The van der Waals surface area contributed by atoms with E-state index >= 15 is 0 Å². The predicted molar refractivity (Wildman–Crippen MR) is 107 cm³/mol. The summed E-state index contributed by atoms with van der Waals surface area (Å²) in [5.74, 6) is 0. The number of rotatable bonds is 12. The standard InChI is InChI=1S/C8H7OS.3C4H9.Sn/c1-2-10(9)8-6-4-3-5-7-8;3*1-3-4-2;/h3-7H,1H2;3*1,3-4H2,2H3;/t10-;;;;/m0..../s1. The first kappa shape index (κ1) is 21.0. The fraction of sp³-hybridized carbons (Fsp3) is 0.600. The second-order valence-electron chi connectivity index (χ2n) is 6.60. The molecular weight excluding hydrogens is 407 g/mol. The Hall–Kier alpha value is -0.0913. The molecule has 0 unspecified atom stereocenters. The van der Waals surface area contributed by atoms with Crippen LogP contribution in [0.3, 0.4) is 0 Å². The van der Waals surface area contributed by atoms with E-state index in [4.69, 9.17) is 0 Å². The van der Waals surface area contributed by atoms with Crippen LogP contribution in [0.1, 0.15) is 59.3 Å². The van der Waals surface area contributed by atoms with Crippen molar-refractivity contribution in [2.45, 2.75) is 77.5 Å². The second-order valence-corrected chi connectivity index (χ2v) is 22.4. The summed E-state index contributed by atoms with van der Waals surface area (Å²) in [6.07, 6.45) is 7.57. The molecule has 0 fully saturated rings. The molecule has 3 heteroatoms. The Morgan fingerprint density at radius 1 is 0.913 bits per heavy atom. The summed E-state index contributed by atoms with van der Waals surface area (Å²) in [6, 6.07) is 9.96. The summed E-state index contributed by atoms with van der Waals surface area (Å²) in [4.78, 5) is 0.947. The van der Waals surface area contributed by atoms with Gasteiger partial charge in [0.25, 0.3) is 0 Å². The zero-order valence-electron chi connectivity index (χ0n) is 15.3. The fourth-order valence-electron chi connectivity index (χ4n) is 3.22. The third kappa shape index (κ3) is 6.37. The van der Waals surface area contributed by atoms with Crippen LogP contribution in [0.15, 0.2) is 44.7 Å². The zero-order valence-corrected chi connectivity index (χ0v) is 18.9. The minimum atomic E-state index is -2.60. The van der Waals surface area contributed by atoms with Gasteiger partial charge in [0.1, 0.15) is 0 Å². The number of hydrogen-bond acceptors (Lipinski definition) is 1. The third-order valence-electron chi connectivity index (χ3n) is 4.80. The van der Waals surface area contributed by atoms with Crippen LogP contribution < -0.4 is 0 Å². The Morgan fingerprint density at radius 2 is 1.35 bits per heavy atom. The zero-order chi connectivity index (χ0) is 17.1. The van der Waals surface area contributed by atoms with Crippen LogP contribution in [0.25, 0.3) is 0 Å². The van der Waals surface area contributed by atoms with Gasteiger partial charge in [0.15, 0.2) is 0 Å². The summed E-state index contributed by atoms with van der Waals surface area (Å²) in [5, 5.41) is 0. The van der Waals surface area contributed by atoms with E-state index in [0.29, 0.717) is 0 Å². The molecule has 1 rings (SSSR count). The van der Waals surface area contributed by atoms with E-state index in [1.165, 1.54) is 54.8 Å². The van der Waals surface area contributed by atoms with Gasteiger partial charge in [-0.05, 0) is 0 Å². The van der Waals surface area contributed by atoms with E-state index in [-0.39, 0.29) is 0 Å². The number of benzene rings is 1. The van der Waals surface area contributed by atoms with Crippen LogP contribution >= 0.6 is 0 Å². The Morgan fingerprint density at radius 3 is 1.74 bits per heavy atom. The molecule has 23 heavy (non-hydrogen) atoms. The first-order chi connectivity index (χ1) is 11.1. The summed E-state index contributed by atoms with van der Waals surface area (Å²) in [6.45, 7) is 11.3. The molecule has 0 amide bonds. The third-order valence-corrected chi connectivity index (χ3v) is 25.0. The summed E-state index contributed by atoms with van der Waals surface area (Å²) in [7, 11) is -1.01. The maximum absolute atomic E-state index is 13.1. The normalized spacial score (nSPS) is 13.0. The topological polar surface area (TPSA) is 17.1 Å². The Labute approximate surface area is 150 Å². The second kappa shape index (κ2) is 11.5. The molecule has 0 bridgehead atoms. The molecule has 0 aromatic heterocycles. The minimum absolute atomic E-state index is 0.947. The van der Waals surface area contributed by atoms with Crippen LogP contribution in [0.5, 0.6) is 0 Å². The van der Waals surface area contributed by atoms with Crippen LogP contribution in [-0.2, 0) is 10.8 Å². The van der Waals surface area contributed by atoms with Gasteiger partial charge in [0.2, 0.25) is 0 Å². The monoisotopic (exact) mass is 442 g/mol. The van der Waals surface area contributed by atoms with E-state index < -0.39 is 29.2 Å². The van der Waals surface area contributed by atoms with Crippen molar-refractivity contribution in [3.8, 4) is 0 Å². The van der Waals surface area contributed by atoms with Gasteiger partial charge in [-0.1, -0.05) is 0 Å². The Kier molecular flexibility index (Phi) is 10.4. The molecule has 1 aromatic rings. The first-order valence-electron chi connectivity index (χ1n) is 9.27. The summed E-state index contributed by atoms with van der Waals surface area (Å²) >= 11 is -2.60. The van der Waals surface area contributed by atoms with Crippen molar-refractivity contribution in [2.24, 2.45) is 0 Å². The molecule has 1 aromatic carbocycles. The molecule has 1 nitrogen and oxygen atoms in total. The molecule has 0 saturated heterocycles. The van der Waals surface area contributed by atoms with Crippen molar-refractivity contribution in [1.82, 2.24) is 0 Å². The quantitative estimate of drug-likeness (QED) is 0.330. The van der Waals surface area contributed by atoms with Crippen LogP contribution in [0.4, 0.5) is 0 Å². The van der Waals surface area contributed by atoms with Crippen LogP contribution in [0, 0.1) is 0 Å². The van der Waals surface area contributed by atoms with E-state index in [9.17, 15) is 4.21 Å². The van der Waals surface area contributed by atoms with Crippen molar-refractivity contribution >= 4 is 29.2 Å². The van der Waals surface area contributed by atoms with E-state index in [1.807, 2.05) is 30.3 Å². The van der Waals surface area contributed by atoms with Crippen molar-refractivity contribution in [1.29, 1.82) is 0 Å². The maximum atomic E-state index is 13.1. The van der Waals surface area contributed by atoms with Gasteiger partial charge in [-0.25, -0.2) is 0 Å². The van der Waals surface area contributed by atoms with Gasteiger partial charge in [-0.2, -0.15) is 0 Å². The van der Waals surface area contributed by atoms with Gasteiger partial charge < -0.3 is 0 Å². The van der Waals surface area contributed by atoms with Crippen molar-refractivity contribution < 1.29 is 4.21 Å². The van der Waals surface area contributed by atoms with Gasteiger partial charge >= 0.3 is 151 Å². The molecule has 0 saturated carbocycles. The van der Waals surface area contributed by atoms with Gasteiger partial charge in [-0.15, -0.1) is 0 Å². The molecule has 0 radical (unpaired) electrons. The van der Waals surface area contributed by atoms with Gasteiger partial charge in [-0.3, -0.25) is 0 Å². The van der Waals surface area contributed by atoms with Crippen LogP contribution in [0.2, 0.25) is 13.3 Å². The number of hydrogen-bond donors (Lipinski definition) is 0. The number of unbranched alkanes of at least 4 members (excludes halogenated alkanes) is 3. The SMILES string of the molecule is C=[C]([S@](=O)c1ccccc1)[Sn]([CH2]CCC)([CH2]CCC)[CH2]CCC. The molecule has 0 spiro atoms. The fourth-order valence-corrected chi connectivity index (χ4v) is 24.1. The summed E-state index contributed by atoms with van der Waals surface area (Å²) < 4.78 is 18.3. The van der Waals surface area contributed by atoms with Gasteiger partial charge in [0.05, 0.1) is 0 Å². The predicted octanol–water partition coefficient (Wildman–Crippen LogP) is 6.70. The molecule has 0 aliphatic carbocycles. The average Bonchev–Trinajstić information content (AvgIpc) is 2.61. The van der Waals surface area contributed by atoms with Crippen molar-refractivity contribution in [2.75, 3.05) is 0 Å². The average molecular weight is 441 g/mol. The van der Waals surface area contributed by atoms with E-state index in [1.54, 1.807) is 0 Å². The molecule has 0 heterocycles. The Bertz CT molecular complexity index is 462.